The van der Waals surface area contributed by atoms with Crippen LogP contribution >= 0.6 is 0 Å². The molecule has 1 rings (SSSR count). The number of nitrogens with zero attached hydrogens (tertiary/aromatic N) is 2. The molecule has 1 N–H and O–H groups in total. The minimum absolute atomic E-state index is 0.0328. The largest absolute Gasteiger partial charge is 0.365 e. The van der Waals surface area contributed by atoms with Gasteiger partial charge in [0.15, 0.2) is 5.82 Å². The molecule has 0 aliphatic heterocycles. The second kappa shape index (κ2) is 6.30. The molecule has 0 bridgehead atoms. The van der Waals surface area contributed by atoms with E-state index in [9.17, 15) is 4.79 Å². The van der Waals surface area contributed by atoms with Crippen molar-refractivity contribution in [2.24, 2.45) is 5.92 Å². The Hall–Kier alpha value is -1.32. The van der Waals surface area contributed by atoms with Crippen molar-refractivity contribution < 1.29 is 0 Å². The maximum atomic E-state index is 11.8. The highest BCUT2D eigenvalue weighted by Crippen LogP contribution is 2.03. The number of anilines is 1. The summed E-state index contributed by atoms with van der Waals surface area (Å²) in [6, 6.07) is 0. The standard InChI is InChI=1S/C12H21N3O/c1-4-15-9-8-14-11(12(15)16)13-7-5-6-10(2)3/h8-10H,4-7H2,1-3H3,(H,13,14). The Morgan fingerprint density at radius 1 is 1.50 bits per heavy atom. The third kappa shape index (κ3) is 3.68. The first-order chi connectivity index (χ1) is 7.65. The van der Waals surface area contributed by atoms with Crippen LogP contribution in [0.1, 0.15) is 33.6 Å². The number of rotatable bonds is 6. The lowest BCUT2D eigenvalue weighted by atomic mass is 10.1. The van der Waals surface area contributed by atoms with Crippen LogP contribution in [-0.4, -0.2) is 16.1 Å². The van der Waals surface area contributed by atoms with Gasteiger partial charge in [-0.25, -0.2) is 4.98 Å². The van der Waals surface area contributed by atoms with Crippen molar-refractivity contribution in [3.05, 3.63) is 22.7 Å². The molecule has 1 aromatic heterocycles. The smallest absolute Gasteiger partial charge is 0.293 e. The molecule has 0 atom stereocenters. The topological polar surface area (TPSA) is 46.9 Å². The fraction of sp³-hybridized carbons (Fsp3) is 0.667. The SMILES string of the molecule is CCn1ccnc(NCCCC(C)C)c1=O. The molecule has 0 aliphatic rings. The normalized spacial score (nSPS) is 10.8. The van der Waals surface area contributed by atoms with Gasteiger partial charge < -0.3 is 9.88 Å². The lowest BCUT2D eigenvalue weighted by molar-refractivity contribution is 0.566. The van der Waals surface area contributed by atoms with Crippen LogP contribution in [0, 0.1) is 5.92 Å². The predicted octanol–water partition coefficient (Wildman–Crippen LogP) is 2.11. The van der Waals surface area contributed by atoms with E-state index in [0.717, 1.165) is 13.0 Å². The Labute approximate surface area is 96.7 Å². The molecule has 4 nitrogen and oxygen atoms in total. The van der Waals surface area contributed by atoms with Gasteiger partial charge in [0, 0.05) is 25.5 Å². The van der Waals surface area contributed by atoms with Crippen LogP contribution in [0.5, 0.6) is 0 Å². The summed E-state index contributed by atoms with van der Waals surface area (Å²) in [4.78, 5) is 15.8. The average molecular weight is 223 g/mol. The number of hydrogen-bond acceptors (Lipinski definition) is 3. The number of aryl methyl sites for hydroxylation is 1. The molecule has 0 unspecified atom stereocenters. The van der Waals surface area contributed by atoms with Gasteiger partial charge in [0.2, 0.25) is 0 Å². The molecule has 1 heterocycles. The van der Waals surface area contributed by atoms with E-state index < -0.39 is 0 Å². The molecule has 16 heavy (non-hydrogen) atoms. The van der Waals surface area contributed by atoms with Crippen molar-refractivity contribution in [1.29, 1.82) is 0 Å². The van der Waals surface area contributed by atoms with Crippen molar-refractivity contribution in [1.82, 2.24) is 9.55 Å². The summed E-state index contributed by atoms with van der Waals surface area (Å²) in [6.45, 7) is 7.84. The molecule has 0 amide bonds. The van der Waals surface area contributed by atoms with Crippen LogP contribution in [0.25, 0.3) is 0 Å². The molecular formula is C12H21N3O. The van der Waals surface area contributed by atoms with Gasteiger partial charge in [-0.15, -0.1) is 0 Å². The molecule has 0 radical (unpaired) electrons. The summed E-state index contributed by atoms with van der Waals surface area (Å²) in [5.41, 5.74) is -0.0328. The van der Waals surface area contributed by atoms with E-state index in [0.29, 0.717) is 18.3 Å². The molecule has 90 valence electrons. The number of hydrogen-bond donors (Lipinski definition) is 1. The number of aromatic nitrogens is 2. The third-order valence-corrected chi connectivity index (χ3v) is 2.51. The molecular weight excluding hydrogens is 202 g/mol. The zero-order valence-electron chi connectivity index (χ0n) is 10.4. The Kier molecular flexibility index (Phi) is 5.02. The highest BCUT2D eigenvalue weighted by atomic mass is 16.1. The van der Waals surface area contributed by atoms with Crippen LogP contribution in [0.3, 0.4) is 0 Å². The summed E-state index contributed by atoms with van der Waals surface area (Å²) < 4.78 is 1.65. The minimum Gasteiger partial charge on any atom is -0.365 e. The maximum Gasteiger partial charge on any atom is 0.293 e. The Morgan fingerprint density at radius 3 is 2.88 bits per heavy atom. The summed E-state index contributed by atoms with van der Waals surface area (Å²) in [7, 11) is 0. The van der Waals surface area contributed by atoms with E-state index in [-0.39, 0.29) is 5.56 Å². The second-order valence-electron chi connectivity index (χ2n) is 4.33. The fourth-order valence-electron chi connectivity index (χ4n) is 1.53. The summed E-state index contributed by atoms with van der Waals surface area (Å²) in [6.07, 6.45) is 5.61. The first-order valence-electron chi connectivity index (χ1n) is 5.94. The van der Waals surface area contributed by atoms with Crippen molar-refractivity contribution in [2.45, 2.75) is 40.2 Å². The van der Waals surface area contributed by atoms with Gasteiger partial charge >= 0.3 is 0 Å². The lowest BCUT2D eigenvalue weighted by Gasteiger charge is -2.08. The van der Waals surface area contributed by atoms with Crippen LogP contribution < -0.4 is 10.9 Å². The molecule has 4 heteroatoms. The molecule has 0 fully saturated rings. The Bertz CT molecular complexity index is 371. The van der Waals surface area contributed by atoms with E-state index in [1.165, 1.54) is 6.42 Å². The summed E-state index contributed by atoms with van der Waals surface area (Å²) in [5.74, 6) is 1.17. The maximum absolute atomic E-state index is 11.8. The van der Waals surface area contributed by atoms with Crippen LogP contribution in [0.2, 0.25) is 0 Å². The zero-order valence-corrected chi connectivity index (χ0v) is 10.4. The molecule has 0 saturated carbocycles. The van der Waals surface area contributed by atoms with Crippen molar-refractivity contribution in [2.75, 3.05) is 11.9 Å². The van der Waals surface area contributed by atoms with Crippen LogP contribution in [0.15, 0.2) is 17.2 Å². The summed E-state index contributed by atoms with van der Waals surface area (Å²) >= 11 is 0. The van der Waals surface area contributed by atoms with Crippen LogP contribution in [-0.2, 0) is 6.54 Å². The van der Waals surface area contributed by atoms with Crippen LogP contribution in [0.4, 0.5) is 5.82 Å². The van der Waals surface area contributed by atoms with Gasteiger partial charge in [0.25, 0.3) is 5.56 Å². The van der Waals surface area contributed by atoms with Crippen molar-refractivity contribution in [3.8, 4) is 0 Å². The highest BCUT2D eigenvalue weighted by molar-refractivity contribution is 5.30. The zero-order chi connectivity index (χ0) is 12.0. The number of nitrogens with one attached hydrogen (secondary N) is 1. The third-order valence-electron chi connectivity index (χ3n) is 2.51. The Morgan fingerprint density at radius 2 is 2.25 bits per heavy atom. The molecule has 0 saturated heterocycles. The quantitative estimate of drug-likeness (QED) is 0.751. The van der Waals surface area contributed by atoms with Gasteiger partial charge in [-0.2, -0.15) is 0 Å². The fourth-order valence-corrected chi connectivity index (χ4v) is 1.53. The van der Waals surface area contributed by atoms with Crippen molar-refractivity contribution >= 4 is 5.82 Å². The summed E-state index contributed by atoms with van der Waals surface area (Å²) in [5, 5.41) is 3.10. The lowest BCUT2D eigenvalue weighted by Crippen LogP contribution is -2.24. The molecule has 0 aliphatic carbocycles. The van der Waals surface area contributed by atoms with Gasteiger partial charge in [-0.1, -0.05) is 13.8 Å². The first kappa shape index (κ1) is 12.7. The van der Waals surface area contributed by atoms with E-state index >= 15 is 0 Å². The van der Waals surface area contributed by atoms with E-state index in [2.05, 4.69) is 24.1 Å². The first-order valence-corrected chi connectivity index (χ1v) is 5.94. The minimum atomic E-state index is -0.0328. The molecule has 0 spiro atoms. The van der Waals surface area contributed by atoms with Gasteiger partial charge in [0.1, 0.15) is 0 Å². The average Bonchev–Trinajstić information content (AvgIpc) is 2.26. The van der Waals surface area contributed by atoms with Gasteiger partial charge in [-0.05, 0) is 25.7 Å². The monoisotopic (exact) mass is 223 g/mol. The molecule has 1 aromatic rings. The van der Waals surface area contributed by atoms with Gasteiger partial charge in [-0.3, -0.25) is 4.79 Å². The Balaban J connectivity index is 2.51. The van der Waals surface area contributed by atoms with Gasteiger partial charge in [0.05, 0.1) is 0 Å². The molecule has 0 aromatic carbocycles. The van der Waals surface area contributed by atoms with E-state index in [4.69, 9.17) is 0 Å². The second-order valence-corrected chi connectivity index (χ2v) is 4.33. The highest BCUT2D eigenvalue weighted by Gasteiger charge is 2.02. The van der Waals surface area contributed by atoms with Crippen molar-refractivity contribution in [3.63, 3.8) is 0 Å². The predicted molar refractivity (Wildman–Crippen MR) is 66.7 cm³/mol. The van der Waals surface area contributed by atoms with E-state index in [1.807, 2.05) is 6.92 Å². The van der Waals surface area contributed by atoms with E-state index in [1.54, 1.807) is 17.0 Å².